The second kappa shape index (κ2) is 6.21. The number of benzene rings is 2. The van der Waals surface area contributed by atoms with E-state index < -0.39 is 54.9 Å². The summed E-state index contributed by atoms with van der Waals surface area (Å²) in [6.07, 6.45) is -3.24. The average molecular weight is 400 g/mol. The van der Waals surface area contributed by atoms with Crippen molar-refractivity contribution in [1.82, 2.24) is 0 Å². The van der Waals surface area contributed by atoms with Crippen molar-refractivity contribution in [2.24, 2.45) is 5.73 Å². The van der Waals surface area contributed by atoms with Gasteiger partial charge < -0.3 is 10.5 Å². The first kappa shape index (κ1) is 19.1. The summed E-state index contributed by atoms with van der Waals surface area (Å²) in [5.74, 6) is -1.58. The second-order valence-electron chi connectivity index (χ2n) is 6.02. The van der Waals surface area contributed by atoms with Crippen molar-refractivity contribution in [1.29, 1.82) is 0 Å². The van der Waals surface area contributed by atoms with E-state index in [0.717, 1.165) is 30.3 Å². The third kappa shape index (κ3) is 2.83. The van der Waals surface area contributed by atoms with E-state index in [9.17, 15) is 26.0 Å². The van der Waals surface area contributed by atoms with Crippen molar-refractivity contribution >= 4 is 15.5 Å². The highest BCUT2D eigenvalue weighted by atomic mass is 32.2. The minimum atomic E-state index is -4.58. The minimum Gasteiger partial charge on any atom is -0.458 e. The molecular formula is C17H12F4N2O3S. The normalized spacial score (nSPS) is 23.1. The van der Waals surface area contributed by atoms with E-state index >= 15 is 0 Å². The highest BCUT2D eigenvalue weighted by molar-refractivity contribution is 7.93. The Balaban J connectivity index is 2.20. The number of ether oxygens (including phenoxy) is 1. The van der Waals surface area contributed by atoms with E-state index in [-0.39, 0.29) is 11.4 Å². The number of halogens is 4. The Labute approximate surface area is 152 Å². The summed E-state index contributed by atoms with van der Waals surface area (Å²) < 4.78 is 85.4. The zero-order chi connectivity index (χ0) is 20.1. The van der Waals surface area contributed by atoms with Crippen LogP contribution in [0.25, 0.3) is 4.85 Å². The van der Waals surface area contributed by atoms with Crippen molar-refractivity contribution in [2.75, 3.05) is 0 Å². The van der Waals surface area contributed by atoms with Gasteiger partial charge in [0, 0.05) is 11.6 Å². The van der Waals surface area contributed by atoms with Crippen molar-refractivity contribution in [3.8, 4) is 11.5 Å². The molecule has 142 valence electrons. The molecule has 0 amide bonds. The fourth-order valence-corrected chi connectivity index (χ4v) is 4.56. The standard InChI is InChI=1S/C17H12F4N2O3S/c1-17(21)15(22)14-12(27(17,24)25)4-3-11(13(14)16(19)20)26-10-6-8(18)5-9(7-10)23-2/h3-7,15-16H,22H2,1H3/t15-,17?/m1/s1. The van der Waals surface area contributed by atoms with Gasteiger partial charge >= 0.3 is 0 Å². The van der Waals surface area contributed by atoms with Gasteiger partial charge in [-0.2, -0.15) is 0 Å². The van der Waals surface area contributed by atoms with Crippen LogP contribution < -0.4 is 10.5 Å². The van der Waals surface area contributed by atoms with Gasteiger partial charge in [-0.05, 0) is 31.2 Å². The lowest BCUT2D eigenvalue weighted by Gasteiger charge is -2.19. The van der Waals surface area contributed by atoms with E-state index in [1.807, 2.05) is 0 Å². The lowest BCUT2D eigenvalue weighted by atomic mass is 9.97. The first-order valence-corrected chi connectivity index (χ1v) is 8.99. The van der Waals surface area contributed by atoms with E-state index in [1.54, 1.807) is 0 Å². The van der Waals surface area contributed by atoms with Crippen LogP contribution >= 0.6 is 0 Å². The van der Waals surface area contributed by atoms with Gasteiger partial charge in [-0.1, -0.05) is 0 Å². The van der Waals surface area contributed by atoms with Crippen molar-refractivity contribution in [3.05, 3.63) is 58.7 Å². The molecule has 2 aromatic rings. The summed E-state index contributed by atoms with van der Waals surface area (Å²) in [5.41, 5.74) is 4.04. The second-order valence-corrected chi connectivity index (χ2v) is 8.26. The smallest absolute Gasteiger partial charge is 0.267 e. The summed E-state index contributed by atoms with van der Waals surface area (Å²) in [4.78, 5) is 2.40. The molecule has 1 aliphatic rings. The Hall–Kier alpha value is -2.64. The quantitative estimate of drug-likeness (QED) is 0.605. The fourth-order valence-electron chi connectivity index (χ4n) is 2.90. The molecule has 1 aliphatic heterocycles. The topological polar surface area (TPSA) is 73.8 Å². The van der Waals surface area contributed by atoms with Crippen LogP contribution in [0.15, 0.2) is 35.2 Å². The Bertz CT molecular complexity index is 1080. The maximum absolute atomic E-state index is 14.6. The minimum absolute atomic E-state index is 0.125. The molecule has 2 aromatic carbocycles. The number of nitrogens with two attached hydrogens (primary N) is 1. The Morgan fingerprint density at radius 1 is 1.30 bits per heavy atom. The van der Waals surface area contributed by atoms with Crippen LogP contribution in [0.5, 0.6) is 11.5 Å². The molecule has 0 saturated heterocycles. The predicted molar refractivity (Wildman–Crippen MR) is 87.8 cm³/mol. The summed E-state index contributed by atoms with van der Waals surface area (Å²) in [5, 5.41) is -2.96. The molecule has 5 nitrogen and oxygen atoms in total. The number of rotatable bonds is 3. The van der Waals surface area contributed by atoms with Crippen LogP contribution in [0, 0.1) is 12.4 Å². The maximum atomic E-state index is 14.6. The summed E-state index contributed by atoms with van der Waals surface area (Å²) >= 11 is 0. The first-order chi connectivity index (χ1) is 12.5. The van der Waals surface area contributed by atoms with Gasteiger partial charge in [0.05, 0.1) is 23.1 Å². The number of sulfone groups is 1. The number of hydrogen-bond donors (Lipinski definition) is 1. The van der Waals surface area contributed by atoms with Gasteiger partial charge in [0.25, 0.3) is 6.43 Å². The van der Waals surface area contributed by atoms with Crippen LogP contribution in [-0.2, 0) is 9.84 Å². The highest BCUT2D eigenvalue weighted by Crippen LogP contribution is 2.52. The van der Waals surface area contributed by atoms with E-state index in [0.29, 0.717) is 6.92 Å². The Kier molecular flexibility index (Phi) is 4.40. The van der Waals surface area contributed by atoms with Crippen LogP contribution in [0.2, 0.25) is 0 Å². The molecule has 0 aliphatic carbocycles. The monoisotopic (exact) mass is 400 g/mol. The molecule has 0 fully saturated rings. The van der Waals surface area contributed by atoms with Crippen LogP contribution in [-0.4, -0.2) is 13.4 Å². The molecule has 0 spiro atoms. The zero-order valence-corrected chi connectivity index (χ0v) is 14.5. The van der Waals surface area contributed by atoms with E-state index in [4.69, 9.17) is 17.0 Å². The van der Waals surface area contributed by atoms with E-state index in [1.165, 1.54) is 0 Å². The molecule has 2 N–H and O–H groups in total. The molecule has 1 unspecified atom stereocenters. The van der Waals surface area contributed by atoms with Gasteiger partial charge in [0.2, 0.25) is 14.8 Å². The molecule has 3 rings (SSSR count). The average Bonchev–Trinajstić information content (AvgIpc) is 2.71. The van der Waals surface area contributed by atoms with Gasteiger partial charge in [0.15, 0.2) is 5.69 Å². The maximum Gasteiger partial charge on any atom is 0.267 e. The molecule has 0 saturated carbocycles. The lowest BCUT2D eigenvalue weighted by Crippen LogP contribution is -2.35. The van der Waals surface area contributed by atoms with Crippen LogP contribution in [0.3, 0.4) is 0 Å². The van der Waals surface area contributed by atoms with Gasteiger partial charge in [-0.25, -0.2) is 30.8 Å². The summed E-state index contributed by atoms with van der Waals surface area (Å²) in [7, 11) is -4.58. The number of alkyl halides is 3. The Morgan fingerprint density at radius 2 is 1.96 bits per heavy atom. The van der Waals surface area contributed by atoms with Crippen molar-refractivity contribution in [3.63, 3.8) is 0 Å². The van der Waals surface area contributed by atoms with Crippen molar-refractivity contribution in [2.45, 2.75) is 29.3 Å². The van der Waals surface area contributed by atoms with E-state index in [2.05, 4.69) is 4.85 Å². The first-order valence-electron chi connectivity index (χ1n) is 7.50. The summed E-state index contributed by atoms with van der Waals surface area (Å²) in [6, 6.07) is 2.91. The lowest BCUT2D eigenvalue weighted by molar-refractivity contribution is 0.144. The third-order valence-corrected chi connectivity index (χ3v) is 6.56. The number of hydrogen-bond acceptors (Lipinski definition) is 4. The summed E-state index contributed by atoms with van der Waals surface area (Å²) in [6.45, 7) is 7.61. The molecule has 0 bridgehead atoms. The molecular weight excluding hydrogens is 388 g/mol. The largest absolute Gasteiger partial charge is 0.458 e. The fraction of sp³-hybridized carbons (Fsp3) is 0.235. The van der Waals surface area contributed by atoms with Crippen LogP contribution in [0.4, 0.5) is 23.2 Å². The van der Waals surface area contributed by atoms with Gasteiger partial charge in [-0.15, -0.1) is 0 Å². The van der Waals surface area contributed by atoms with Gasteiger partial charge in [-0.3, -0.25) is 0 Å². The number of fused-ring (bicyclic) bond motifs is 1. The highest BCUT2D eigenvalue weighted by Gasteiger charge is 2.56. The van der Waals surface area contributed by atoms with Crippen LogP contribution in [0.1, 0.15) is 30.5 Å². The van der Waals surface area contributed by atoms with Crippen molar-refractivity contribution < 1.29 is 30.7 Å². The zero-order valence-electron chi connectivity index (χ0n) is 13.7. The predicted octanol–water partition coefficient (Wildman–Crippen LogP) is 4.58. The molecule has 0 radical (unpaired) electrons. The molecule has 0 aromatic heterocycles. The molecule has 10 heteroatoms. The molecule has 1 heterocycles. The Morgan fingerprint density at radius 3 is 2.56 bits per heavy atom. The van der Waals surface area contributed by atoms with Gasteiger partial charge in [0.1, 0.15) is 17.3 Å². The SMILES string of the molecule is [C-]#[N+]c1cc(F)cc(Oc2ccc3c(c2C(F)F)[C@@H](N)C(C)(F)S3(=O)=O)c1. The molecule has 27 heavy (non-hydrogen) atoms. The number of nitrogens with zero attached hydrogens (tertiary/aromatic N) is 1. The molecule has 2 atom stereocenters. The third-order valence-electron chi connectivity index (χ3n) is 4.32.